The quantitative estimate of drug-likeness (QED) is 0.436. The van der Waals surface area contributed by atoms with E-state index in [9.17, 15) is 0 Å². The van der Waals surface area contributed by atoms with Crippen LogP contribution in [0.5, 0.6) is 0 Å². The standard InChI is InChI=1S/C19H18N6/c1-12(2)14-9-7-13(8-10-14)11-20-24-19-22-18-17(23-25-19)15-5-3-4-6-16(15)21-18/h3-12H,1-2H3,(H2,21,22,24,25)/b20-11-. The van der Waals surface area contributed by atoms with Gasteiger partial charge in [-0.15, -0.1) is 10.2 Å². The average Bonchev–Trinajstić information content (AvgIpc) is 3.00. The van der Waals surface area contributed by atoms with Gasteiger partial charge in [0.2, 0.25) is 0 Å². The van der Waals surface area contributed by atoms with E-state index in [1.165, 1.54) is 5.56 Å². The summed E-state index contributed by atoms with van der Waals surface area (Å²) in [6, 6.07) is 16.2. The molecule has 2 heterocycles. The number of nitrogens with one attached hydrogen (secondary N) is 2. The first-order chi connectivity index (χ1) is 12.2. The molecular formula is C19H18N6. The zero-order chi connectivity index (χ0) is 17.2. The largest absolute Gasteiger partial charge is 0.338 e. The fourth-order valence-corrected chi connectivity index (χ4v) is 2.70. The zero-order valence-electron chi connectivity index (χ0n) is 14.1. The van der Waals surface area contributed by atoms with E-state index in [0.717, 1.165) is 22.0 Å². The number of fused-ring (bicyclic) bond motifs is 3. The molecule has 2 aromatic carbocycles. The molecule has 0 saturated heterocycles. The number of nitrogens with zero attached hydrogens (tertiary/aromatic N) is 4. The van der Waals surface area contributed by atoms with Crippen molar-refractivity contribution in [1.82, 2.24) is 20.2 Å². The molecular weight excluding hydrogens is 312 g/mol. The number of hydrogen-bond acceptors (Lipinski definition) is 5. The van der Waals surface area contributed by atoms with Crippen LogP contribution in [0.1, 0.15) is 30.9 Å². The van der Waals surface area contributed by atoms with Gasteiger partial charge in [0, 0.05) is 10.9 Å². The molecule has 124 valence electrons. The normalized spacial score (nSPS) is 11.8. The van der Waals surface area contributed by atoms with Crippen LogP contribution in [0, 0.1) is 0 Å². The third-order valence-electron chi connectivity index (χ3n) is 4.10. The van der Waals surface area contributed by atoms with Crippen molar-refractivity contribution in [2.45, 2.75) is 19.8 Å². The van der Waals surface area contributed by atoms with Gasteiger partial charge in [0.05, 0.1) is 6.21 Å². The molecule has 4 rings (SSSR count). The highest BCUT2D eigenvalue weighted by Gasteiger charge is 2.07. The number of para-hydroxylation sites is 1. The lowest BCUT2D eigenvalue weighted by molar-refractivity contribution is 0.866. The van der Waals surface area contributed by atoms with Crippen molar-refractivity contribution in [3.63, 3.8) is 0 Å². The highest BCUT2D eigenvalue weighted by molar-refractivity contribution is 6.03. The second kappa shape index (κ2) is 6.32. The van der Waals surface area contributed by atoms with Gasteiger partial charge in [0.1, 0.15) is 5.52 Å². The molecule has 0 spiro atoms. The van der Waals surface area contributed by atoms with Crippen LogP contribution in [0.3, 0.4) is 0 Å². The van der Waals surface area contributed by atoms with E-state index in [-0.39, 0.29) is 0 Å². The van der Waals surface area contributed by atoms with Crippen molar-refractivity contribution in [3.05, 3.63) is 59.7 Å². The molecule has 0 bridgehead atoms. The number of benzene rings is 2. The SMILES string of the molecule is CC(C)c1ccc(/C=N\Nc2nnc3c(n2)[nH]c2ccccc23)cc1. The minimum atomic E-state index is 0.356. The number of aromatic amines is 1. The Morgan fingerprint density at radius 2 is 1.84 bits per heavy atom. The summed E-state index contributed by atoms with van der Waals surface area (Å²) < 4.78 is 0. The van der Waals surface area contributed by atoms with Gasteiger partial charge in [-0.25, -0.2) is 5.43 Å². The predicted molar refractivity (Wildman–Crippen MR) is 101 cm³/mol. The molecule has 0 atom stereocenters. The molecule has 0 radical (unpaired) electrons. The second-order valence-electron chi connectivity index (χ2n) is 6.19. The number of anilines is 1. The molecule has 0 amide bonds. The van der Waals surface area contributed by atoms with E-state index in [2.05, 4.69) is 56.7 Å². The van der Waals surface area contributed by atoms with Gasteiger partial charge in [-0.2, -0.15) is 10.1 Å². The molecule has 0 aliphatic carbocycles. The van der Waals surface area contributed by atoms with Gasteiger partial charge in [-0.1, -0.05) is 56.3 Å². The topological polar surface area (TPSA) is 78.8 Å². The zero-order valence-corrected chi connectivity index (χ0v) is 14.1. The lowest BCUT2D eigenvalue weighted by Gasteiger charge is -2.04. The number of rotatable bonds is 4. The minimum absolute atomic E-state index is 0.356. The molecule has 25 heavy (non-hydrogen) atoms. The first-order valence-corrected chi connectivity index (χ1v) is 8.21. The molecule has 6 heteroatoms. The lowest BCUT2D eigenvalue weighted by Crippen LogP contribution is -1.99. The van der Waals surface area contributed by atoms with Crippen molar-refractivity contribution in [1.29, 1.82) is 0 Å². The van der Waals surface area contributed by atoms with Crippen LogP contribution in [0.2, 0.25) is 0 Å². The summed E-state index contributed by atoms with van der Waals surface area (Å²) >= 11 is 0. The summed E-state index contributed by atoms with van der Waals surface area (Å²) in [5, 5.41) is 13.5. The number of aromatic nitrogens is 4. The van der Waals surface area contributed by atoms with Crippen molar-refractivity contribution < 1.29 is 0 Å². The van der Waals surface area contributed by atoms with Crippen LogP contribution in [0.4, 0.5) is 5.95 Å². The Morgan fingerprint density at radius 3 is 2.64 bits per heavy atom. The Kier molecular flexibility index (Phi) is 3.85. The molecule has 2 aromatic heterocycles. The summed E-state index contributed by atoms with van der Waals surface area (Å²) in [6.07, 6.45) is 1.74. The summed E-state index contributed by atoms with van der Waals surface area (Å²) in [6.45, 7) is 4.35. The maximum atomic E-state index is 4.43. The van der Waals surface area contributed by atoms with Crippen molar-refractivity contribution in [2.24, 2.45) is 5.10 Å². The molecule has 0 fully saturated rings. The minimum Gasteiger partial charge on any atom is -0.338 e. The van der Waals surface area contributed by atoms with Gasteiger partial charge in [-0.3, -0.25) is 0 Å². The summed E-state index contributed by atoms with van der Waals surface area (Å²) in [4.78, 5) is 7.66. The van der Waals surface area contributed by atoms with E-state index in [0.29, 0.717) is 17.5 Å². The molecule has 0 aliphatic rings. The first-order valence-electron chi connectivity index (χ1n) is 8.21. The van der Waals surface area contributed by atoms with Gasteiger partial charge >= 0.3 is 0 Å². The Bertz CT molecular complexity index is 1050. The second-order valence-corrected chi connectivity index (χ2v) is 6.19. The third-order valence-corrected chi connectivity index (χ3v) is 4.10. The summed E-state index contributed by atoms with van der Waals surface area (Å²) in [5.74, 6) is 0.876. The smallest absolute Gasteiger partial charge is 0.265 e. The van der Waals surface area contributed by atoms with Crippen molar-refractivity contribution in [2.75, 3.05) is 5.43 Å². The third kappa shape index (κ3) is 3.06. The Labute approximate surface area is 145 Å². The molecule has 0 aliphatic heterocycles. The fraction of sp³-hybridized carbons (Fsp3) is 0.158. The number of hydrogen-bond donors (Lipinski definition) is 2. The number of H-pyrrole nitrogens is 1. The van der Waals surface area contributed by atoms with E-state index >= 15 is 0 Å². The average molecular weight is 330 g/mol. The van der Waals surface area contributed by atoms with Crippen LogP contribution in [-0.4, -0.2) is 26.4 Å². The van der Waals surface area contributed by atoms with E-state index in [4.69, 9.17) is 0 Å². The van der Waals surface area contributed by atoms with Gasteiger partial charge in [-0.05, 0) is 23.1 Å². The molecule has 4 aromatic rings. The molecule has 0 saturated carbocycles. The van der Waals surface area contributed by atoms with Crippen LogP contribution in [0.15, 0.2) is 53.6 Å². The Hall–Kier alpha value is -3.28. The van der Waals surface area contributed by atoms with E-state index in [1.54, 1.807) is 6.21 Å². The molecule has 6 nitrogen and oxygen atoms in total. The van der Waals surface area contributed by atoms with E-state index < -0.39 is 0 Å². The van der Waals surface area contributed by atoms with Gasteiger partial charge in [0.15, 0.2) is 5.65 Å². The molecule has 2 N–H and O–H groups in total. The predicted octanol–water partition coefficient (Wildman–Crippen LogP) is 4.08. The van der Waals surface area contributed by atoms with Gasteiger partial charge in [0.25, 0.3) is 5.95 Å². The maximum absolute atomic E-state index is 4.43. The van der Waals surface area contributed by atoms with E-state index in [1.807, 2.05) is 36.4 Å². The molecule has 0 unspecified atom stereocenters. The van der Waals surface area contributed by atoms with Crippen LogP contribution in [-0.2, 0) is 0 Å². The highest BCUT2D eigenvalue weighted by atomic mass is 15.4. The maximum Gasteiger partial charge on any atom is 0.265 e. The fourth-order valence-electron chi connectivity index (χ4n) is 2.70. The monoisotopic (exact) mass is 330 g/mol. The van der Waals surface area contributed by atoms with Crippen molar-refractivity contribution in [3.8, 4) is 0 Å². The van der Waals surface area contributed by atoms with Crippen LogP contribution in [0.25, 0.3) is 22.1 Å². The van der Waals surface area contributed by atoms with Gasteiger partial charge < -0.3 is 4.98 Å². The lowest BCUT2D eigenvalue weighted by atomic mass is 10.0. The summed E-state index contributed by atoms with van der Waals surface area (Å²) in [7, 11) is 0. The Balaban J connectivity index is 1.53. The Morgan fingerprint density at radius 1 is 1.04 bits per heavy atom. The van der Waals surface area contributed by atoms with Crippen molar-refractivity contribution >= 4 is 34.2 Å². The number of hydrazone groups is 1. The van der Waals surface area contributed by atoms with Crippen LogP contribution >= 0.6 is 0 Å². The summed E-state index contributed by atoms with van der Waals surface area (Å²) in [5.41, 5.74) is 7.59. The first kappa shape index (κ1) is 15.3. The van der Waals surface area contributed by atoms with Crippen LogP contribution < -0.4 is 5.43 Å². The highest BCUT2D eigenvalue weighted by Crippen LogP contribution is 2.21.